The van der Waals surface area contributed by atoms with Crippen LogP contribution in [0.15, 0.2) is 131 Å². The van der Waals surface area contributed by atoms with Gasteiger partial charge >= 0.3 is 208 Å². The molecule has 4 aromatic carbocycles. The van der Waals surface area contributed by atoms with Crippen molar-refractivity contribution in [2.75, 3.05) is 0 Å². The number of rotatable bonds is 5. The monoisotopic (exact) mass is 567 g/mol. The first-order valence-electron chi connectivity index (χ1n) is 11.9. The Kier molecular flexibility index (Phi) is 5.57. The zero-order valence-corrected chi connectivity index (χ0v) is 22.1. The van der Waals surface area contributed by atoms with E-state index in [2.05, 4.69) is 91.0 Å². The number of para-hydroxylation sites is 1. The van der Waals surface area contributed by atoms with E-state index in [0.717, 1.165) is 0 Å². The van der Waals surface area contributed by atoms with Gasteiger partial charge in [0.05, 0.1) is 0 Å². The number of fused-ring (bicyclic) bond motifs is 1. The van der Waals surface area contributed by atoms with Crippen molar-refractivity contribution in [2.45, 2.75) is 17.0 Å². The van der Waals surface area contributed by atoms with Gasteiger partial charge in [-0.05, 0) is 0 Å². The van der Waals surface area contributed by atoms with E-state index in [1.54, 1.807) is 21.5 Å². The van der Waals surface area contributed by atoms with Gasteiger partial charge < -0.3 is 0 Å². The Bertz CT molecular complexity index is 1440. The summed E-state index contributed by atoms with van der Waals surface area (Å²) in [5.74, 6) is 0. The Morgan fingerprint density at radius 2 is 0.857 bits per heavy atom. The van der Waals surface area contributed by atoms with Crippen LogP contribution in [0, 0.1) is 0 Å². The first-order valence-corrected chi connectivity index (χ1v) is 17.8. The zero-order valence-electron chi connectivity index (χ0n) is 19.2. The Labute approximate surface area is 207 Å². The Morgan fingerprint density at radius 3 is 1.23 bits per heavy atom. The van der Waals surface area contributed by atoms with Crippen molar-refractivity contribution in [1.29, 1.82) is 0 Å². The first-order chi connectivity index (χ1) is 17.2. The molecule has 0 amide bonds. The molecule has 5 nitrogen and oxygen atoms in total. The summed E-state index contributed by atoms with van der Waals surface area (Å²) in [6.07, 6.45) is 0. The summed E-state index contributed by atoms with van der Waals surface area (Å²) in [6, 6.07) is 41.5. The van der Waals surface area contributed by atoms with Crippen LogP contribution in [0.1, 0.15) is 0 Å². The molecule has 0 radical (unpaired) electrons. The molecule has 0 unspecified atom stereocenters. The van der Waals surface area contributed by atoms with Gasteiger partial charge in [-0.2, -0.15) is 0 Å². The van der Waals surface area contributed by atoms with E-state index in [4.69, 9.17) is 0 Å². The van der Waals surface area contributed by atoms with Gasteiger partial charge in [-0.25, -0.2) is 0 Å². The maximum atomic E-state index is 13.5. The average molecular weight is 566 g/mol. The SMILES string of the molecule is O=c1n(-c2ccccc2)c(=O)n2n1C[CH]([Sn]([c]1ccccc1)([c]1ccccc1)[c]1ccccc1)C2. The molecule has 1 aliphatic rings. The summed E-state index contributed by atoms with van der Waals surface area (Å²) in [5.41, 5.74) is 0.0774. The number of nitrogens with zero attached hydrogens (tertiary/aromatic N) is 3. The van der Waals surface area contributed by atoms with Crippen LogP contribution in [0.4, 0.5) is 0 Å². The molecular weight excluding hydrogens is 541 g/mol. The van der Waals surface area contributed by atoms with E-state index in [-0.39, 0.29) is 15.3 Å². The second-order valence-corrected chi connectivity index (χ2v) is 20.9. The molecule has 0 N–H and O–H groups in total. The third kappa shape index (κ3) is 3.45. The van der Waals surface area contributed by atoms with Gasteiger partial charge in [0.25, 0.3) is 0 Å². The number of hydrogen-bond donors (Lipinski definition) is 0. The topological polar surface area (TPSA) is 48.9 Å². The van der Waals surface area contributed by atoms with Crippen LogP contribution in [0.5, 0.6) is 0 Å². The van der Waals surface area contributed by atoms with E-state index >= 15 is 0 Å². The molecule has 0 saturated carbocycles. The zero-order chi connectivity index (χ0) is 23.8. The summed E-state index contributed by atoms with van der Waals surface area (Å²) in [5, 5.41) is 0. The molecule has 1 aliphatic heterocycles. The second kappa shape index (κ2) is 8.89. The fourth-order valence-electron chi connectivity index (χ4n) is 5.73. The molecule has 5 aromatic rings. The van der Waals surface area contributed by atoms with Gasteiger partial charge in [0, 0.05) is 0 Å². The molecule has 0 saturated heterocycles. The number of benzene rings is 4. The predicted molar refractivity (Wildman–Crippen MR) is 142 cm³/mol. The molecular formula is C29H25N3O2Sn. The molecule has 1 aromatic heterocycles. The van der Waals surface area contributed by atoms with Crippen molar-refractivity contribution in [3.63, 3.8) is 0 Å². The molecule has 0 fully saturated rings. The first kappa shape index (κ1) is 21.9. The van der Waals surface area contributed by atoms with Gasteiger partial charge in [-0.3, -0.25) is 0 Å². The van der Waals surface area contributed by atoms with Gasteiger partial charge in [0.2, 0.25) is 0 Å². The molecule has 172 valence electrons. The van der Waals surface area contributed by atoms with Crippen LogP contribution in [0.2, 0.25) is 3.93 Å². The Balaban J connectivity index is 1.57. The van der Waals surface area contributed by atoms with Crippen molar-refractivity contribution in [3.05, 3.63) is 142 Å². The van der Waals surface area contributed by atoms with Crippen molar-refractivity contribution < 1.29 is 0 Å². The Hall–Kier alpha value is -3.58. The van der Waals surface area contributed by atoms with E-state index in [0.29, 0.717) is 18.8 Å². The van der Waals surface area contributed by atoms with Crippen LogP contribution in [-0.2, 0) is 13.1 Å². The molecule has 0 atom stereocenters. The number of hydrogen-bond acceptors (Lipinski definition) is 2. The van der Waals surface area contributed by atoms with Crippen molar-refractivity contribution >= 4 is 29.1 Å². The fraction of sp³-hybridized carbons (Fsp3) is 0.103. The summed E-state index contributed by atoms with van der Waals surface area (Å²) in [6.45, 7) is 1.06. The van der Waals surface area contributed by atoms with Crippen LogP contribution >= 0.6 is 0 Å². The molecule has 6 rings (SSSR count). The standard InChI is InChI=1S/C11H10N3O2.3C6H5.Sn/c15-10-12-7-4-8-13(12)11(16)14(10)9-5-2-1-3-6-9;3*1-2-4-6-5-3-1;/h1-6H,7-8H2;3*1-5H;. The van der Waals surface area contributed by atoms with Gasteiger partial charge in [-0.1, -0.05) is 0 Å². The van der Waals surface area contributed by atoms with E-state index in [1.165, 1.54) is 15.3 Å². The van der Waals surface area contributed by atoms with Crippen LogP contribution in [0.25, 0.3) is 5.69 Å². The van der Waals surface area contributed by atoms with Gasteiger partial charge in [0.15, 0.2) is 0 Å². The van der Waals surface area contributed by atoms with E-state index in [1.807, 2.05) is 18.2 Å². The normalized spacial score (nSPS) is 13.6. The number of aromatic nitrogens is 3. The predicted octanol–water partition coefficient (Wildman–Crippen LogP) is 2.35. The molecule has 0 aliphatic carbocycles. The van der Waals surface area contributed by atoms with Crippen LogP contribution in [-0.4, -0.2) is 32.3 Å². The quantitative estimate of drug-likeness (QED) is 0.307. The van der Waals surface area contributed by atoms with Crippen molar-refractivity contribution in [2.24, 2.45) is 0 Å². The summed E-state index contributed by atoms with van der Waals surface area (Å²) >= 11 is -3.69. The summed E-state index contributed by atoms with van der Waals surface area (Å²) in [4.78, 5) is 27.0. The van der Waals surface area contributed by atoms with E-state index < -0.39 is 18.4 Å². The average Bonchev–Trinajstić information content (AvgIpc) is 3.46. The molecule has 6 heteroatoms. The van der Waals surface area contributed by atoms with Gasteiger partial charge in [0.1, 0.15) is 0 Å². The minimum absolute atomic E-state index is 0.169. The molecule has 35 heavy (non-hydrogen) atoms. The maximum absolute atomic E-state index is 13.5. The molecule has 0 spiro atoms. The fourth-order valence-corrected chi connectivity index (χ4v) is 21.3. The summed E-state index contributed by atoms with van der Waals surface area (Å²) in [7, 11) is 0. The Morgan fingerprint density at radius 1 is 0.514 bits per heavy atom. The van der Waals surface area contributed by atoms with Crippen molar-refractivity contribution in [1.82, 2.24) is 13.9 Å². The molecule has 0 bridgehead atoms. The van der Waals surface area contributed by atoms with Crippen LogP contribution < -0.4 is 22.1 Å². The second-order valence-electron chi connectivity index (χ2n) is 9.00. The summed E-state index contributed by atoms with van der Waals surface area (Å²) < 4.78 is 8.86. The molecule has 2 heterocycles. The van der Waals surface area contributed by atoms with Crippen molar-refractivity contribution in [3.8, 4) is 5.69 Å². The van der Waals surface area contributed by atoms with Gasteiger partial charge in [-0.15, -0.1) is 0 Å². The third-order valence-corrected chi connectivity index (χ3v) is 22.4. The third-order valence-electron chi connectivity index (χ3n) is 7.22. The van der Waals surface area contributed by atoms with Crippen LogP contribution in [0.3, 0.4) is 0 Å². The van der Waals surface area contributed by atoms with E-state index in [9.17, 15) is 9.59 Å². The minimum atomic E-state index is -3.69.